The van der Waals surface area contributed by atoms with E-state index < -0.39 is 15.8 Å². The predicted molar refractivity (Wildman–Crippen MR) is 79.0 cm³/mol. The van der Waals surface area contributed by atoms with Gasteiger partial charge < -0.3 is 5.11 Å². The van der Waals surface area contributed by atoms with Crippen LogP contribution >= 0.6 is 0 Å². The lowest BCUT2D eigenvalue weighted by molar-refractivity contribution is 0.281. The first-order valence-electron chi connectivity index (χ1n) is 6.33. The molecule has 0 spiro atoms. The van der Waals surface area contributed by atoms with Gasteiger partial charge in [0.05, 0.1) is 17.2 Å². The summed E-state index contributed by atoms with van der Waals surface area (Å²) in [6.07, 6.45) is 0. The number of hydrogen-bond donors (Lipinski definition) is 2. The molecule has 0 heterocycles. The molecule has 2 aromatic rings. The molecule has 0 unspecified atom stereocenters. The number of aliphatic hydroxyl groups is 1. The number of anilines is 1. The van der Waals surface area contributed by atoms with Crippen LogP contribution in [0.3, 0.4) is 0 Å². The van der Waals surface area contributed by atoms with E-state index in [1.54, 1.807) is 26.0 Å². The minimum Gasteiger partial charge on any atom is -0.392 e. The minimum absolute atomic E-state index is 0.0157. The third kappa shape index (κ3) is 3.40. The van der Waals surface area contributed by atoms with Crippen molar-refractivity contribution in [3.8, 4) is 0 Å². The van der Waals surface area contributed by atoms with Gasteiger partial charge >= 0.3 is 0 Å². The van der Waals surface area contributed by atoms with Crippen molar-refractivity contribution in [3.05, 3.63) is 58.9 Å². The zero-order valence-corrected chi connectivity index (χ0v) is 12.5. The fourth-order valence-corrected chi connectivity index (χ4v) is 3.01. The van der Waals surface area contributed by atoms with Gasteiger partial charge in [0.25, 0.3) is 10.0 Å². The molecule has 0 aliphatic carbocycles. The molecule has 2 rings (SSSR count). The molecule has 112 valence electrons. The maximum Gasteiger partial charge on any atom is 0.261 e. The highest BCUT2D eigenvalue weighted by Gasteiger charge is 2.17. The third-order valence-corrected chi connectivity index (χ3v) is 4.53. The van der Waals surface area contributed by atoms with Gasteiger partial charge in [-0.15, -0.1) is 0 Å². The van der Waals surface area contributed by atoms with Crippen LogP contribution in [0.2, 0.25) is 0 Å². The van der Waals surface area contributed by atoms with Crippen molar-refractivity contribution in [1.29, 1.82) is 0 Å². The van der Waals surface area contributed by atoms with Gasteiger partial charge in [0.15, 0.2) is 0 Å². The number of rotatable bonds is 4. The Balaban J connectivity index is 2.41. The number of halogens is 1. The fourth-order valence-electron chi connectivity index (χ4n) is 1.91. The summed E-state index contributed by atoms with van der Waals surface area (Å²) in [5.74, 6) is -0.640. The predicted octanol–water partition coefficient (Wildman–Crippen LogP) is 2.74. The molecular weight excluding hydrogens is 293 g/mol. The summed E-state index contributed by atoms with van der Waals surface area (Å²) in [4.78, 5) is -0.0157. The summed E-state index contributed by atoms with van der Waals surface area (Å²) >= 11 is 0. The second kappa shape index (κ2) is 5.83. The molecule has 6 heteroatoms. The summed E-state index contributed by atoms with van der Waals surface area (Å²) in [6, 6.07) is 8.60. The summed E-state index contributed by atoms with van der Waals surface area (Å²) < 4.78 is 40.5. The molecule has 0 atom stereocenters. The van der Waals surface area contributed by atoms with E-state index in [4.69, 9.17) is 0 Å². The van der Waals surface area contributed by atoms with E-state index in [1.807, 2.05) is 0 Å². The Kier molecular flexibility index (Phi) is 4.29. The topological polar surface area (TPSA) is 66.4 Å². The lowest BCUT2D eigenvalue weighted by Gasteiger charge is -2.11. The van der Waals surface area contributed by atoms with E-state index in [0.717, 1.165) is 11.1 Å². The highest BCUT2D eigenvalue weighted by atomic mass is 32.2. The lowest BCUT2D eigenvalue weighted by atomic mass is 10.1. The first-order valence-corrected chi connectivity index (χ1v) is 7.81. The van der Waals surface area contributed by atoms with Crippen molar-refractivity contribution in [2.75, 3.05) is 4.72 Å². The van der Waals surface area contributed by atoms with E-state index in [0.29, 0.717) is 5.56 Å². The summed E-state index contributed by atoms with van der Waals surface area (Å²) in [5, 5.41) is 9.20. The van der Waals surface area contributed by atoms with Crippen LogP contribution in [0.1, 0.15) is 16.7 Å². The Labute approximate surface area is 123 Å². The number of aryl methyl sites for hydroxylation is 2. The molecule has 0 saturated carbocycles. The van der Waals surface area contributed by atoms with E-state index in [-0.39, 0.29) is 17.2 Å². The Bertz CT molecular complexity index is 772. The maximum absolute atomic E-state index is 13.7. The normalized spacial score (nSPS) is 11.4. The number of nitrogens with one attached hydrogen (secondary N) is 1. The van der Waals surface area contributed by atoms with Gasteiger partial charge in [-0.3, -0.25) is 4.72 Å². The number of benzene rings is 2. The van der Waals surface area contributed by atoms with Crippen LogP contribution in [-0.4, -0.2) is 13.5 Å². The van der Waals surface area contributed by atoms with Crippen LogP contribution in [0.5, 0.6) is 0 Å². The average molecular weight is 309 g/mol. The Morgan fingerprint density at radius 1 is 1.14 bits per heavy atom. The van der Waals surface area contributed by atoms with E-state index in [2.05, 4.69) is 4.72 Å². The zero-order valence-electron chi connectivity index (χ0n) is 11.7. The average Bonchev–Trinajstić information content (AvgIpc) is 2.43. The van der Waals surface area contributed by atoms with Crippen molar-refractivity contribution in [2.24, 2.45) is 0 Å². The second-order valence-electron chi connectivity index (χ2n) is 4.84. The zero-order chi connectivity index (χ0) is 15.6. The fraction of sp³-hybridized carbons (Fsp3) is 0.200. The van der Waals surface area contributed by atoms with Gasteiger partial charge in [0.1, 0.15) is 5.82 Å². The molecule has 0 bridgehead atoms. The summed E-state index contributed by atoms with van der Waals surface area (Å²) in [7, 11) is -3.90. The Hall–Kier alpha value is -1.92. The molecular formula is C15H16FNO3S. The van der Waals surface area contributed by atoms with Crippen molar-refractivity contribution < 1.29 is 17.9 Å². The molecule has 0 aromatic heterocycles. The van der Waals surface area contributed by atoms with Crippen molar-refractivity contribution in [2.45, 2.75) is 25.3 Å². The van der Waals surface area contributed by atoms with Gasteiger partial charge in [-0.25, -0.2) is 12.8 Å². The van der Waals surface area contributed by atoms with Crippen LogP contribution in [0.4, 0.5) is 10.1 Å². The second-order valence-corrected chi connectivity index (χ2v) is 6.52. The quantitative estimate of drug-likeness (QED) is 0.912. The molecule has 0 amide bonds. The first-order chi connectivity index (χ1) is 9.83. The summed E-state index contributed by atoms with van der Waals surface area (Å²) in [5.41, 5.74) is 1.95. The van der Waals surface area contributed by atoms with E-state index in [1.165, 1.54) is 24.3 Å². The molecule has 0 aliphatic heterocycles. The van der Waals surface area contributed by atoms with E-state index >= 15 is 0 Å². The molecule has 2 aromatic carbocycles. The van der Waals surface area contributed by atoms with Gasteiger partial charge in [0.2, 0.25) is 0 Å². The van der Waals surface area contributed by atoms with Crippen LogP contribution in [0.25, 0.3) is 0 Å². The van der Waals surface area contributed by atoms with Gasteiger partial charge in [-0.2, -0.15) is 0 Å². The molecule has 0 saturated heterocycles. The van der Waals surface area contributed by atoms with Crippen LogP contribution in [0.15, 0.2) is 41.3 Å². The molecule has 2 N–H and O–H groups in total. The smallest absolute Gasteiger partial charge is 0.261 e. The monoisotopic (exact) mass is 309 g/mol. The SMILES string of the molecule is Cc1ccc(F)c(NS(=O)(=O)c2ccc(C)c(CO)c2)c1. The maximum atomic E-state index is 13.7. The number of aliphatic hydroxyl groups excluding tert-OH is 1. The molecule has 0 radical (unpaired) electrons. The molecule has 0 aliphatic rings. The highest BCUT2D eigenvalue weighted by molar-refractivity contribution is 7.92. The number of hydrogen-bond acceptors (Lipinski definition) is 3. The van der Waals surface area contributed by atoms with Crippen molar-refractivity contribution in [1.82, 2.24) is 0 Å². The third-order valence-electron chi connectivity index (χ3n) is 3.17. The van der Waals surface area contributed by atoms with Crippen LogP contribution < -0.4 is 4.72 Å². The van der Waals surface area contributed by atoms with E-state index in [9.17, 15) is 17.9 Å². The Morgan fingerprint density at radius 2 is 1.86 bits per heavy atom. The van der Waals surface area contributed by atoms with Crippen molar-refractivity contribution >= 4 is 15.7 Å². The van der Waals surface area contributed by atoms with Crippen LogP contribution in [0, 0.1) is 19.7 Å². The van der Waals surface area contributed by atoms with Crippen molar-refractivity contribution in [3.63, 3.8) is 0 Å². The van der Waals surface area contributed by atoms with Gasteiger partial charge in [-0.1, -0.05) is 12.1 Å². The largest absolute Gasteiger partial charge is 0.392 e. The Morgan fingerprint density at radius 3 is 2.52 bits per heavy atom. The highest BCUT2D eigenvalue weighted by Crippen LogP contribution is 2.22. The van der Waals surface area contributed by atoms with Gasteiger partial charge in [-0.05, 0) is 54.8 Å². The van der Waals surface area contributed by atoms with Gasteiger partial charge in [0, 0.05) is 0 Å². The minimum atomic E-state index is -3.90. The standard InChI is InChI=1S/C15H16FNO3S/c1-10-3-6-14(16)15(7-10)17-21(19,20)13-5-4-11(2)12(8-13)9-18/h3-8,17-18H,9H2,1-2H3. The first kappa shape index (κ1) is 15.5. The summed E-state index contributed by atoms with van der Waals surface area (Å²) in [6.45, 7) is 3.26. The van der Waals surface area contributed by atoms with Crippen LogP contribution in [-0.2, 0) is 16.6 Å². The molecule has 21 heavy (non-hydrogen) atoms. The molecule has 0 fully saturated rings. The lowest BCUT2D eigenvalue weighted by Crippen LogP contribution is -2.14. The number of sulfonamides is 1. The molecule has 4 nitrogen and oxygen atoms in total.